The molecular formula is C20H23F3N2O5S. The standard InChI is InChI=1S/C20H23F3N2O5S/c1-4-29-17-11-10-14(12-18(17)30-5-2)31(27,28)25(3)13-19(26)24-16-9-7-6-8-15(16)20(21,22)23/h6-12H,4-5,13H2,1-3H3,(H,24,26). The summed E-state index contributed by atoms with van der Waals surface area (Å²) >= 11 is 0. The Hall–Kier alpha value is -2.79. The van der Waals surface area contributed by atoms with Crippen molar-refractivity contribution in [3.8, 4) is 11.5 Å². The van der Waals surface area contributed by atoms with E-state index in [0.29, 0.717) is 12.4 Å². The number of amides is 1. The normalized spacial score (nSPS) is 12.0. The van der Waals surface area contributed by atoms with Crippen LogP contribution in [-0.2, 0) is 21.0 Å². The minimum atomic E-state index is -4.67. The van der Waals surface area contributed by atoms with E-state index in [1.54, 1.807) is 13.8 Å². The molecule has 0 saturated carbocycles. The fourth-order valence-electron chi connectivity index (χ4n) is 2.69. The quantitative estimate of drug-likeness (QED) is 0.616. The van der Waals surface area contributed by atoms with E-state index in [0.717, 1.165) is 23.5 Å². The van der Waals surface area contributed by atoms with Crippen LogP contribution in [0.5, 0.6) is 11.5 Å². The third-order valence-electron chi connectivity index (χ3n) is 4.10. The Kier molecular flexibility index (Phi) is 7.91. The molecule has 1 amide bonds. The van der Waals surface area contributed by atoms with Crippen LogP contribution >= 0.6 is 0 Å². The Morgan fingerprint density at radius 1 is 1.03 bits per heavy atom. The summed E-state index contributed by atoms with van der Waals surface area (Å²) in [4.78, 5) is 12.1. The Morgan fingerprint density at radius 3 is 2.26 bits per heavy atom. The highest BCUT2D eigenvalue weighted by Gasteiger charge is 2.34. The van der Waals surface area contributed by atoms with Gasteiger partial charge in [0.1, 0.15) is 0 Å². The summed E-state index contributed by atoms with van der Waals surface area (Å²) in [6.07, 6.45) is -4.67. The molecule has 2 aromatic rings. The van der Waals surface area contributed by atoms with E-state index < -0.39 is 39.9 Å². The van der Waals surface area contributed by atoms with Crippen LogP contribution in [0.25, 0.3) is 0 Å². The summed E-state index contributed by atoms with van der Waals surface area (Å²) in [6.45, 7) is 3.44. The van der Waals surface area contributed by atoms with Crippen molar-refractivity contribution in [3.05, 3.63) is 48.0 Å². The van der Waals surface area contributed by atoms with Gasteiger partial charge in [-0.25, -0.2) is 8.42 Å². The van der Waals surface area contributed by atoms with Crippen LogP contribution in [0.15, 0.2) is 47.4 Å². The lowest BCUT2D eigenvalue weighted by Gasteiger charge is -2.19. The summed E-state index contributed by atoms with van der Waals surface area (Å²) < 4.78 is 76.5. The average molecular weight is 460 g/mol. The summed E-state index contributed by atoms with van der Waals surface area (Å²) in [5, 5.41) is 2.12. The molecule has 0 fully saturated rings. The number of nitrogens with zero attached hydrogens (tertiary/aromatic N) is 1. The van der Waals surface area contributed by atoms with Crippen molar-refractivity contribution in [1.29, 1.82) is 0 Å². The van der Waals surface area contributed by atoms with E-state index >= 15 is 0 Å². The Labute approximate surface area is 178 Å². The maximum Gasteiger partial charge on any atom is 0.418 e. The first-order valence-corrected chi connectivity index (χ1v) is 10.8. The van der Waals surface area contributed by atoms with Gasteiger partial charge in [-0.05, 0) is 38.1 Å². The van der Waals surface area contributed by atoms with Gasteiger partial charge >= 0.3 is 6.18 Å². The molecule has 11 heteroatoms. The number of sulfonamides is 1. The average Bonchev–Trinajstić information content (AvgIpc) is 2.69. The number of nitrogens with one attached hydrogen (secondary N) is 1. The second-order valence-electron chi connectivity index (χ2n) is 6.33. The number of likely N-dealkylation sites (N-methyl/N-ethyl adjacent to an activating group) is 1. The van der Waals surface area contributed by atoms with E-state index in [4.69, 9.17) is 9.47 Å². The Bertz CT molecular complexity index is 1030. The zero-order chi connectivity index (χ0) is 23.2. The van der Waals surface area contributed by atoms with Crippen molar-refractivity contribution in [3.63, 3.8) is 0 Å². The smallest absolute Gasteiger partial charge is 0.418 e. The van der Waals surface area contributed by atoms with Crippen molar-refractivity contribution >= 4 is 21.6 Å². The van der Waals surface area contributed by atoms with E-state index in [1.165, 1.54) is 30.3 Å². The monoisotopic (exact) mass is 460 g/mol. The molecule has 0 aliphatic carbocycles. The molecule has 0 aromatic heterocycles. The van der Waals surface area contributed by atoms with Gasteiger partial charge in [-0.15, -0.1) is 0 Å². The van der Waals surface area contributed by atoms with Gasteiger partial charge in [-0.2, -0.15) is 17.5 Å². The van der Waals surface area contributed by atoms with E-state index in [1.807, 2.05) is 0 Å². The predicted octanol–water partition coefficient (Wildman–Crippen LogP) is 3.76. The van der Waals surface area contributed by atoms with Crippen LogP contribution in [0.4, 0.5) is 18.9 Å². The largest absolute Gasteiger partial charge is 0.490 e. The van der Waals surface area contributed by atoms with Gasteiger partial charge in [0.25, 0.3) is 0 Å². The topological polar surface area (TPSA) is 84.9 Å². The van der Waals surface area contributed by atoms with Crippen molar-refractivity contribution in [2.45, 2.75) is 24.9 Å². The molecular weight excluding hydrogens is 437 g/mol. The maximum absolute atomic E-state index is 13.1. The lowest BCUT2D eigenvalue weighted by Crippen LogP contribution is -2.35. The summed E-state index contributed by atoms with van der Waals surface area (Å²) in [5.74, 6) is -0.325. The lowest BCUT2D eigenvalue weighted by molar-refractivity contribution is -0.137. The van der Waals surface area contributed by atoms with E-state index in [-0.39, 0.29) is 17.3 Å². The van der Waals surface area contributed by atoms with Gasteiger partial charge in [0.15, 0.2) is 11.5 Å². The van der Waals surface area contributed by atoms with Gasteiger partial charge in [0.2, 0.25) is 15.9 Å². The number of ether oxygens (including phenoxy) is 2. The van der Waals surface area contributed by atoms with Crippen molar-refractivity contribution in [1.82, 2.24) is 4.31 Å². The number of benzene rings is 2. The molecule has 2 rings (SSSR count). The highest BCUT2D eigenvalue weighted by atomic mass is 32.2. The first-order valence-electron chi connectivity index (χ1n) is 9.32. The van der Waals surface area contributed by atoms with Crippen LogP contribution in [0, 0.1) is 0 Å². The number of para-hydroxylation sites is 1. The summed E-state index contributed by atoms with van der Waals surface area (Å²) in [5.41, 5.74) is -1.48. The zero-order valence-corrected chi connectivity index (χ0v) is 18.0. The van der Waals surface area contributed by atoms with Crippen LogP contribution in [0.3, 0.4) is 0 Å². The molecule has 7 nitrogen and oxygen atoms in total. The number of carbonyl (C=O) groups excluding carboxylic acids is 1. The number of carbonyl (C=O) groups is 1. The molecule has 0 saturated heterocycles. The van der Waals surface area contributed by atoms with Gasteiger partial charge in [-0.3, -0.25) is 4.79 Å². The van der Waals surface area contributed by atoms with Gasteiger partial charge in [-0.1, -0.05) is 12.1 Å². The first kappa shape index (κ1) is 24.5. The summed E-state index contributed by atoms with van der Waals surface area (Å²) in [7, 11) is -2.97. The Balaban J connectivity index is 2.20. The third kappa shape index (κ3) is 6.11. The SMILES string of the molecule is CCOc1ccc(S(=O)(=O)N(C)CC(=O)Nc2ccccc2C(F)(F)F)cc1OCC. The van der Waals surface area contributed by atoms with Crippen LogP contribution in [0.1, 0.15) is 19.4 Å². The predicted molar refractivity (Wildman–Crippen MR) is 109 cm³/mol. The number of hydrogen-bond acceptors (Lipinski definition) is 5. The van der Waals surface area contributed by atoms with Crippen LogP contribution in [0.2, 0.25) is 0 Å². The van der Waals surface area contributed by atoms with Crippen molar-refractivity contribution < 1.29 is 35.9 Å². The van der Waals surface area contributed by atoms with Crippen LogP contribution < -0.4 is 14.8 Å². The van der Waals surface area contributed by atoms with Gasteiger partial charge in [0.05, 0.1) is 35.9 Å². The zero-order valence-electron chi connectivity index (χ0n) is 17.2. The number of alkyl halides is 3. The van der Waals surface area contributed by atoms with Crippen molar-refractivity contribution in [2.75, 3.05) is 32.1 Å². The van der Waals surface area contributed by atoms with Crippen molar-refractivity contribution in [2.24, 2.45) is 0 Å². The fourth-order valence-corrected chi connectivity index (χ4v) is 3.83. The lowest BCUT2D eigenvalue weighted by atomic mass is 10.1. The molecule has 0 unspecified atom stereocenters. The number of rotatable bonds is 9. The second-order valence-corrected chi connectivity index (χ2v) is 8.37. The van der Waals surface area contributed by atoms with Gasteiger partial charge in [0, 0.05) is 13.1 Å². The highest BCUT2D eigenvalue weighted by molar-refractivity contribution is 7.89. The van der Waals surface area contributed by atoms with Crippen LogP contribution in [-0.4, -0.2) is 45.4 Å². The number of halogens is 3. The third-order valence-corrected chi connectivity index (χ3v) is 5.90. The highest BCUT2D eigenvalue weighted by Crippen LogP contribution is 2.35. The molecule has 0 aliphatic heterocycles. The second kappa shape index (κ2) is 10.0. The number of anilines is 1. The van der Waals surface area contributed by atoms with E-state index in [2.05, 4.69) is 5.32 Å². The molecule has 0 heterocycles. The molecule has 0 atom stereocenters. The fraction of sp³-hybridized carbons (Fsp3) is 0.350. The van der Waals surface area contributed by atoms with Gasteiger partial charge < -0.3 is 14.8 Å². The molecule has 1 N–H and O–H groups in total. The molecule has 2 aromatic carbocycles. The Morgan fingerprint density at radius 2 is 1.65 bits per heavy atom. The molecule has 0 spiro atoms. The molecule has 0 bridgehead atoms. The molecule has 0 radical (unpaired) electrons. The molecule has 31 heavy (non-hydrogen) atoms. The molecule has 170 valence electrons. The minimum Gasteiger partial charge on any atom is -0.490 e. The minimum absolute atomic E-state index is 0.148. The van der Waals surface area contributed by atoms with E-state index in [9.17, 15) is 26.4 Å². The summed E-state index contributed by atoms with van der Waals surface area (Å²) in [6, 6.07) is 8.46. The number of hydrogen-bond donors (Lipinski definition) is 1. The first-order chi connectivity index (χ1) is 14.5. The maximum atomic E-state index is 13.1. The molecule has 0 aliphatic rings.